The van der Waals surface area contributed by atoms with Gasteiger partial charge in [-0.05, 0) is 37.1 Å². The van der Waals surface area contributed by atoms with Gasteiger partial charge in [0.25, 0.3) is 0 Å². The number of fused-ring (bicyclic) bond motifs is 1. The lowest BCUT2D eigenvalue weighted by atomic mass is 10.2. The molecule has 0 amide bonds. The first-order chi connectivity index (χ1) is 11.8. The highest BCUT2D eigenvalue weighted by molar-refractivity contribution is 5.45. The third-order valence-electron chi connectivity index (χ3n) is 4.39. The van der Waals surface area contributed by atoms with Crippen LogP contribution in [0.15, 0.2) is 30.5 Å². The second-order valence-corrected chi connectivity index (χ2v) is 5.91. The molecule has 1 unspecified atom stereocenters. The van der Waals surface area contributed by atoms with E-state index < -0.39 is 0 Å². The van der Waals surface area contributed by atoms with Gasteiger partial charge < -0.3 is 10.2 Å². The number of nitrogens with one attached hydrogen (secondary N) is 1. The Kier molecular flexibility index (Phi) is 3.94. The van der Waals surface area contributed by atoms with Crippen LogP contribution in [0.5, 0.6) is 0 Å². The van der Waals surface area contributed by atoms with Crippen LogP contribution in [0.3, 0.4) is 0 Å². The maximum Gasteiger partial charge on any atom is 0.178 e. The Morgan fingerprint density at radius 2 is 2.17 bits per heavy atom. The van der Waals surface area contributed by atoms with Crippen molar-refractivity contribution in [1.29, 1.82) is 0 Å². The molecule has 1 fully saturated rings. The van der Waals surface area contributed by atoms with Gasteiger partial charge in [0.1, 0.15) is 5.82 Å². The monoisotopic (exact) mass is 324 g/mol. The standard InChI is InChI=1S/C16H20N8/c1-2-14-20-21-16-8-7-13(22-24(14)16)17-11-12-5-4-10-23(12)15-6-3-9-18-19-15/h3,6-9,12H,2,4-5,10-11H2,1H3,(H,17,22). The molecule has 1 aliphatic rings. The van der Waals surface area contributed by atoms with Crippen molar-refractivity contribution >= 4 is 17.3 Å². The van der Waals surface area contributed by atoms with Gasteiger partial charge >= 0.3 is 0 Å². The van der Waals surface area contributed by atoms with E-state index in [9.17, 15) is 0 Å². The molecule has 4 heterocycles. The number of hydrogen-bond donors (Lipinski definition) is 1. The number of rotatable bonds is 5. The number of aromatic nitrogens is 6. The Morgan fingerprint density at radius 1 is 1.21 bits per heavy atom. The number of nitrogens with zero attached hydrogens (tertiary/aromatic N) is 7. The first kappa shape index (κ1) is 14.8. The third kappa shape index (κ3) is 2.75. The lowest BCUT2D eigenvalue weighted by Crippen LogP contribution is -2.35. The molecule has 8 nitrogen and oxygen atoms in total. The van der Waals surface area contributed by atoms with Crippen molar-refractivity contribution in [1.82, 2.24) is 30.0 Å². The second-order valence-electron chi connectivity index (χ2n) is 5.91. The fourth-order valence-electron chi connectivity index (χ4n) is 3.17. The third-order valence-corrected chi connectivity index (χ3v) is 4.39. The topological polar surface area (TPSA) is 84.1 Å². The van der Waals surface area contributed by atoms with Crippen LogP contribution in [0.4, 0.5) is 11.6 Å². The molecule has 24 heavy (non-hydrogen) atoms. The second kappa shape index (κ2) is 6.38. The normalized spacial score (nSPS) is 17.5. The van der Waals surface area contributed by atoms with Gasteiger partial charge in [0.15, 0.2) is 17.3 Å². The van der Waals surface area contributed by atoms with Gasteiger partial charge in [0, 0.05) is 31.7 Å². The minimum absolute atomic E-state index is 0.394. The largest absolute Gasteiger partial charge is 0.367 e. The molecule has 3 aromatic heterocycles. The van der Waals surface area contributed by atoms with Crippen molar-refractivity contribution in [2.45, 2.75) is 32.2 Å². The van der Waals surface area contributed by atoms with Gasteiger partial charge in [0.05, 0.1) is 0 Å². The molecule has 8 heteroatoms. The van der Waals surface area contributed by atoms with Crippen molar-refractivity contribution in [2.75, 3.05) is 23.3 Å². The molecule has 4 rings (SSSR count). The fraction of sp³-hybridized carbons (Fsp3) is 0.438. The van der Waals surface area contributed by atoms with Gasteiger partial charge in [0.2, 0.25) is 0 Å². The van der Waals surface area contributed by atoms with Crippen LogP contribution < -0.4 is 10.2 Å². The molecule has 1 aliphatic heterocycles. The Hall–Kier alpha value is -2.77. The number of hydrogen-bond acceptors (Lipinski definition) is 7. The summed E-state index contributed by atoms with van der Waals surface area (Å²) in [5.41, 5.74) is 0.777. The Bertz CT molecular complexity index is 815. The van der Waals surface area contributed by atoms with E-state index in [0.717, 1.165) is 49.0 Å². The lowest BCUT2D eigenvalue weighted by molar-refractivity contribution is 0.682. The fourth-order valence-corrected chi connectivity index (χ4v) is 3.17. The molecule has 0 aliphatic carbocycles. The SMILES string of the molecule is CCc1nnc2ccc(NCC3CCCN3c3cccnn3)nn12. The average molecular weight is 324 g/mol. The molecular formula is C16H20N8. The first-order valence-electron chi connectivity index (χ1n) is 8.34. The van der Waals surface area contributed by atoms with E-state index >= 15 is 0 Å². The zero-order valence-corrected chi connectivity index (χ0v) is 13.6. The predicted octanol–water partition coefficient (Wildman–Crippen LogP) is 1.56. The molecular weight excluding hydrogens is 304 g/mol. The van der Waals surface area contributed by atoms with E-state index in [0.29, 0.717) is 6.04 Å². The average Bonchev–Trinajstić information content (AvgIpc) is 3.27. The maximum absolute atomic E-state index is 4.60. The molecule has 0 bridgehead atoms. The van der Waals surface area contributed by atoms with Crippen LogP contribution in [0, 0.1) is 0 Å². The summed E-state index contributed by atoms with van der Waals surface area (Å²) >= 11 is 0. The summed E-state index contributed by atoms with van der Waals surface area (Å²) in [4.78, 5) is 2.31. The Balaban J connectivity index is 1.48. The van der Waals surface area contributed by atoms with Crippen molar-refractivity contribution in [3.8, 4) is 0 Å². The molecule has 1 saturated heterocycles. The van der Waals surface area contributed by atoms with Gasteiger partial charge in [-0.2, -0.15) is 9.61 Å². The summed E-state index contributed by atoms with van der Waals surface area (Å²) in [5, 5.41) is 24.5. The first-order valence-corrected chi connectivity index (χ1v) is 8.34. The van der Waals surface area contributed by atoms with E-state index in [2.05, 4.69) is 42.6 Å². The molecule has 0 aromatic carbocycles. The minimum Gasteiger partial charge on any atom is -0.367 e. The Labute approximate surface area is 139 Å². The number of aryl methyl sites for hydroxylation is 1. The summed E-state index contributed by atoms with van der Waals surface area (Å²) < 4.78 is 1.80. The predicted molar refractivity (Wildman–Crippen MR) is 91.0 cm³/mol. The minimum atomic E-state index is 0.394. The van der Waals surface area contributed by atoms with E-state index in [4.69, 9.17) is 0 Å². The Morgan fingerprint density at radius 3 is 3.00 bits per heavy atom. The maximum atomic E-state index is 4.60. The summed E-state index contributed by atoms with van der Waals surface area (Å²) in [5.74, 6) is 2.65. The van der Waals surface area contributed by atoms with Crippen molar-refractivity contribution < 1.29 is 0 Å². The van der Waals surface area contributed by atoms with Gasteiger partial charge in [-0.1, -0.05) is 6.92 Å². The van der Waals surface area contributed by atoms with Crippen LogP contribution in [-0.2, 0) is 6.42 Å². The zero-order chi connectivity index (χ0) is 16.4. The molecule has 0 saturated carbocycles. The zero-order valence-electron chi connectivity index (χ0n) is 13.6. The summed E-state index contributed by atoms with van der Waals surface area (Å²) in [7, 11) is 0. The highest BCUT2D eigenvalue weighted by atomic mass is 15.4. The quantitative estimate of drug-likeness (QED) is 0.762. The van der Waals surface area contributed by atoms with Crippen molar-refractivity contribution in [3.63, 3.8) is 0 Å². The summed E-state index contributed by atoms with van der Waals surface area (Å²) in [6, 6.07) is 8.23. The molecule has 3 aromatic rings. The van der Waals surface area contributed by atoms with Gasteiger partial charge in [-0.15, -0.1) is 20.4 Å². The molecule has 1 atom stereocenters. The molecule has 0 radical (unpaired) electrons. The highest BCUT2D eigenvalue weighted by Gasteiger charge is 2.25. The lowest BCUT2D eigenvalue weighted by Gasteiger charge is -2.25. The van der Waals surface area contributed by atoms with Crippen LogP contribution in [0.25, 0.3) is 5.65 Å². The number of anilines is 2. The van der Waals surface area contributed by atoms with E-state index in [1.165, 1.54) is 6.42 Å². The highest BCUT2D eigenvalue weighted by Crippen LogP contribution is 2.23. The van der Waals surface area contributed by atoms with E-state index in [1.54, 1.807) is 10.7 Å². The van der Waals surface area contributed by atoms with Crippen LogP contribution in [-0.4, -0.2) is 49.1 Å². The van der Waals surface area contributed by atoms with Crippen molar-refractivity contribution in [2.24, 2.45) is 0 Å². The smallest absolute Gasteiger partial charge is 0.178 e. The molecule has 0 spiro atoms. The van der Waals surface area contributed by atoms with E-state index in [1.807, 2.05) is 24.3 Å². The van der Waals surface area contributed by atoms with Gasteiger partial charge in [-0.3, -0.25) is 0 Å². The van der Waals surface area contributed by atoms with Crippen molar-refractivity contribution in [3.05, 3.63) is 36.3 Å². The van der Waals surface area contributed by atoms with Crippen LogP contribution >= 0.6 is 0 Å². The molecule has 1 N–H and O–H groups in total. The van der Waals surface area contributed by atoms with E-state index in [-0.39, 0.29) is 0 Å². The van der Waals surface area contributed by atoms with Gasteiger partial charge in [-0.25, -0.2) is 0 Å². The molecule has 124 valence electrons. The summed E-state index contributed by atoms with van der Waals surface area (Å²) in [6.07, 6.45) is 4.82. The van der Waals surface area contributed by atoms with Crippen LogP contribution in [0.1, 0.15) is 25.6 Å². The summed E-state index contributed by atoms with van der Waals surface area (Å²) in [6.45, 7) is 3.89. The van der Waals surface area contributed by atoms with Crippen LogP contribution in [0.2, 0.25) is 0 Å².